The molecule has 27 heavy (non-hydrogen) atoms. The molecule has 0 amide bonds. The van der Waals surface area contributed by atoms with Gasteiger partial charge < -0.3 is 4.74 Å². The van der Waals surface area contributed by atoms with E-state index in [-0.39, 0.29) is 17.9 Å². The van der Waals surface area contributed by atoms with Crippen LogP contribution in [0.4, 0.5) is 5.69 Å². The number of para-hydroxylation sites is 1. The third-order valence-electron chi connectivity index (χ3n) is 4.29. The van der Waals surface area contributed by atoms with E-state index < -0.39 is 4.92 Å². The zero-order valence-electron chi connectivity index (χ0n) is 14.4. The number of nitro benzene ring substituents is 1. The minimum atomic E-state index is -0.479. The fourth-order valence-corrected chi connectivity index (χ4v) is 3.03. The van der Waals surface area contributed by atoms with Crippen molar-refractivity contribution >= 4 is 22.4 Å². The predicted molar refractivity (Wildman–Crippen MR) is 97.9 cm³/mol. The summed E-state index contributed by atoms with van der Waals surface area (Å²) >= 11 is 0. The molecule has 0 N–H and O–H groups in total. The van der Waals surface area contributed by atoms with Crippen molar-refractivity contribution in [3.63, 3.8) is 0 Å². The summed E-state index contributed by atoms with van der Waals surface area (Å²) in [7, 11) is 0. The number of ether oxygens (including phenoxy) is 1. The lowest BCUT2D eigenvalue weighted by atomic mass is 10.2. The lowest BCUT2D eigenvalue weighted by Crippen LogP contribution is -2.22. The number of aromatic nitrogens is 4. The topological polar surface area (TPSA) is 105 Å². The zero-order valence-corrected chi connectivity index (χ0v) is 14.4. The van der Waals surface area contributed by atoms with Crippen molar-refractivity contribution in [2.75, 3.05) is 0 Å². The molecule has 0 unspecified atom stereocenters. The fraction of sp³-hybridized carbons (Fsp3) is 0.167. The minimum Gasteiger partial charge on any atom is -0.485 e. The lowest BCUT2D eigenvalue weighted by Gasteiger charge is -2.10. The van der Waals surface area contributed by atoms with E-state index in [0.29, 0.717) is 34.8 Å². The van der Waals surface area contributed by atoms with Crippen molar-refractivity contribution in [3.05, 3.63) is 74.8 Å². The summed E-state index contributed by atoms with van der Waals surface area (Å²) in [5, 5.41) is 19.8. The van der Waals surface area contributed by atoms with E-state index in [1.165, 1.54) is 12.1 Å². The first-order valence-electron chi connectivity index (χ1n) is 8.33. The average Bonchev–Trinajstić information content (AvgIpc) is 3.11. The molecule has 9 heteroatoms. The molecular formula is C18H15N5O4. The molecule has 0 atom stereocenters. The molecule has 0 aliphatic carbocycles. The predicted octanol–water partition coefficient (Wildman–Crippen LogP) is 2.55. The van der Waals surface area contributed by atoms with Gasteiger partial charge in [0, 0.05) is 12.6 Å². The van der Waals surface area contributed by atoms with Crippen molar-refractivity contribution < 1.29 is 9.66 Å². The highest BCUT2D eigenvalue weighted by Gasteiger charge is 2.16. The van der Waals surface area contributed by atoms with Crippen LogP contribution in [0.5, 0.6) is 5.75 Å². The van der Waals surface area contributed by atoms with Gasteiger partial charge in [0.1, 0.15) is 12.4 Å². The first-order valence-corrected chi connectivity index (χ1v) is 8.33. The molecule has 0 aliphatic rings. The van der Waals surface area contributed by atoms with E-state index >= 15 is 0 Å². The largest absolute Gasteiger partial charge is 0.485 e. The Morgan fingerprint density at radius 1 is 1.15 bits per heavy atom. The van der Waals surface area contributed by atoms with Gasteiger partial charge >= 0.3 is 0 Å². The molecule has 0 fully saturated rings. The van der Waals surface area contributed by atoms with Crippen molar-refractivity contribution in [1.82, 2.24) is 19.2 Å². The fourth-order valence-electron chi connectivity index (χ4n) is 3.03. The Balaban J connectivity index is 1.79. The number of aryl methyl sites for hydroxylation is 1. The number of benzene rings is 2. The van der Waals surface area contributed by atoms with Crippen molar-refractivity contribution in [2.45, 2.75) is 20.1 Å². The molecule has 2 heterocycles. The Kier molecular flexibility index (Phi) is 4.03. The molecule has 136 valence electrons. The van der Waals surface area contributed by atoms with Crippen LogP contribution in [0.2, 0.25) is 0 Å². The summed E-state index contributed by atoms with van der Waals surface area (Å²) in [4.78, 5) is 23.1. The van der Waals surface area contributed by atoms with E-state index in [2.05, 4.69) is 10.2 Å². The van der Waals surface area contributed by atoms with Gasteiger partial charge in [-0.3, -0.25) is 23.9 Å². The summed E-state index contributed by atoms with van der Waals surface area (Å²) in [6, 6.07) is 13.2. The second kappa shape index (κ2) is 6.52. The van der Waals surface area contributed by atoms with E-state index in [4.69, 9.17) is 4.74 Å². The van der Waals surface area contributed by atoms with Crippen LogP contribution in [0, 0.1) is 10.1 Å². The maximum Gasteiger partial charge on any atom is 0.273 e. The van der Waals surface area contributed by atoms with Crippen LogP contribution in [0.25, 0.3) is 16.7 Å². The van der Waals surface area contributed by atoms with E-state index in [1.54, 1.807) is 33.2 Å². The van der Waals surface area contributed by atoms with Gasteiger partial charge in [0.2, 0.25) is 5.78 Å². The highest BCUT2D eigenvalue weighted by atomic mass is 16.6. The number of nitro groups is 1. The number of hydrogen-bond acceptors (Lipinski definition) is 6. The van der Waals surface area contributed by atoms with E-state index in [1.807, 2.05) is 19.1 Å². The molecule has 4 aromatic rings. The molecule has 0 aliphatic heterocycles. The Bertz CT molecular complexity index is 1230. The molecule has 2 aromatic heterocycles. The third-order valence-corrected chi connectivity index (χ3v) is 4.29. The number of non-ortho nitro benzene ring substituents is 1. The second-order valence-electron chi connectivity index (χ2n) is 5.86. The van der Waals surface area contributed by atoms with Gasteiger partial charge in [-0.2, -0.15) is 0 Å². The molecule has 4 rings (SSSR count). The summed E-state index contributed by atoms with van der Waals surface area (Å²) in [5.41, 5.74) is 0.507. The van der Waals surface area contributed by atoms with Crippen LogP contribution in [0.3, 0.4) is 0 Å². The normalized spacial score (nSPS) is 11.1. The van der Waals surface area contributed by atoms with Gasteiger partial charge in [0.15, 0.2) is 5.82 Å². The number of rotatable bonds is 5. The van der Waals surface area contributed by atoms with Crippen LogP contribution in [0.15, 0.2) is 53.3 Å². The summed E-state index contributed by atoms with van der Waals surface area (Å²) in [5.74, 6) is 1.28. The smallest absolute Gasteiger partial charge is 0.273 e. The SMILES string of the molecule is CCn1c(=O)c2ccccc2n2c(COc3cccc([N+](=O)[O-])c3)nnc12. The van der Waals surface area contributed by atoms with E-state index in [9.17, 15) is 14.9 Å². The highest BCUT2D eigenvalue weighted by Crippen LogP contribution is 2.21. The molecule has 0 radical (unpaired) electrons. The standard InChI is InChI=1S/C18H15N5O4/c1-2-21-17(24)14-8-3-4-9-15(14)22-16(19-20-18(21)22)11-27-13-7-5-6-12(10-13)23(25)26/h3-10H,2,11H2,1H3. The van der Waals surface area contributed by atoms with Gasteiger partial charge in [-0.1, -0.05) is 18.2 Å². The first-order chi connectivity index (χ1) is 13.1. The minimum absolute atomic E-state index is 0.0498. The monoisotopic (exact) mass is 365 g/mol. The molecule has 0 saturated carbocycles. The Morgan fingerprint density at radius 2 is 1.96 bits per heavy atom. The van der Waals surface area contributed by atoms with Crippen LogP contribution in [0.1, 0.15) is 12.7 Å². The highest BCUT2D eigenvalue weighted by molar-refractivity contribution is 5.80. The quantitative estimate of drug-likeness (QED) is 0.398. The van der Waals surface area contributed by atoms with Gasteiger partial charge in [-0.05, 0) is 25.1 Å². The molecular weight excluding hydrogens is 350 g/mol. The molecule has 0 bridgehead atoms. The van der Waals surface area contributed by atoms with Crippen LogP contribution in [-0.2, 0) is 13.2 Å². The molecule has 2 aromatic carbocycles. The number of hydrogen-bond donors (Lipinski definition) is 0. The Labute approximate surface area is 152 Å². The van der Waals surface area contributed by atoms with Gasteiger partial charge in [0.05, 0.1) is 21.9 Å². The van der Waals surface area contributed by atoms with E-state index in [0.717, 1.165) is 0 Å². The number of fused-ring (bicyclic) bond motifs is 3. The summed E-state index contributed by atoms with van der Waals surface area (Å²) < 4.78 is 9.01. The molecule has 0 spiro atoms. The maximum absolute atomic E-state index is 12.7. The van der Waals surface area contributed by atoms with Crippen molar-refractivity contribution in [3.8, 4) is 5.75 Å². The lowest BCUT2D eigenvalue weighted by molar-refractivity contribution is -0.384. The summed E-state index contributed by atoms with van der Waals surface area (Å²) in [6.45, 7) is 2.37. The molecule has 0 saturated heterocycles. The van der Waals surface area contributed by atoms with Crippen LogP contribution < -0.4 is 10.3 Å². The Morgan fingerprint density at radius 3 is 2.74 bits per heavy atom. The van der Waals surface area contributed by atoms with Gasteiger partial charge in [0.25, 0.3) is 11.2 Å². The van der Waals surface area contributed by atoms with Crippen LogP contribution >= 0.6 is 0 Å². The van der Waals surface area contributed by atoms with Gasteiger partial charge in [-0.15, -0.1) is 10.2 Å². The maximum atomic E-state index is 12.7. The molecule has 9 nitrogen and oxygen atoms in total. The number of nitrogens with zero attached hydrogens (tertiary/aromatic N) is 5. The Hall–Kier alpha value is -3.75. The summed E-state index contributed by atoms with van der Waals surface area (Å²) in [6.07, 6.45) is 0. The third kappa shape index (κ3) is 2.78. The zero-order chi connectivity index (χ0) is 19.0. The van der Waals surface area contributed by atoms with Crippen molar-refractivity contribution in [2.24, 2.45) is 0 Å². The first kappa shape index (κ1) is 16.7. The van der Waals surface area contributed by atoms with Crippen molar-refractivity contribution in [1.29, 1.82) is 0 Å². The van der Waals surface area contributed by atoms with Gasteiger partial charge in [-0.25, -0.2) is 0 Å². The second-order valence-corrected chi connectivity index (χ2v) is 5.86. The average molecular weight is 365 g/mol. The van der Waals surface area contributed by atoms with Crippen LogP contribution in [-0.4, -0.2) is 24.1 Å².